The minimum Gasteiger partial charge on any atom is -0.319 e. The van der Waals surface area contributed by atoms with Crippen molar-refractivity contribution in [2.45, 2.75) is 44.2 Å². The fourth-order valence-corrected chi connectivity index (χ4v) is 4.64. The summed E-state index contributed by atoms with van der Waals surface area (Å²) in [5, 5.41) is 17.7. The summed E-state index contributed by atoms with van der Waals surface area (Å²) in [6.07, 6.45) is 8.49. The van der Waals surface area contributed by atoms with Crippen molar-refractivity contribution in [1.82, 2.24) is 20.9 Å². The molecule has 1 saturated heterocycles. The summed E-state index contributed by atoms with van der Waals surface area (Å²) in [6.45, 7) is 0.918. The van der Waals surface area contributed by atoms with Gasteiger partial charge in [0.15, 0.2) is 0 Å². The first kappa shape index (κ1) is 22.9. The quantitative estimate of drug-likeness (QED) is 0.440. The minimum absolute atomic E-state index is 0.234. The van der Waals surface area contributed by atoms with Crippen LogP contribution in [0.4, 0.5) is 4.79 Å². The van der Waals surface area contributed by atoms with Crippen molar-refractivity contribution in [3.63, 3.8) is 0 Å². The molecule has 9 heteroatoms. The van der Waals surface area contributed by atoms with Crippen LogP contribution in [-0.2, 0) is 11.2 Å². The number of rotatable bonds is 6. The number of imide groups is 1. The Kier molecular flexibility index (Phi) is 7.30. The fourth-order valence-electron chi connectivity index (χ4n) is 3.97. The van der Waals surface area contributed by atoms with Gasteiger partial charge in [0.1, 0.15) is 0 Å². The summed E-state index contributed by atoms with van der Waals surface area (Å²) in [5.41, 5.74) is 5.60. The van der Waals surface area contributed by atoms with Crippen molar-refractivity contribution in [2.75, 3.05) is 13.6 Å². The number of hydrogen-bond donors (Lipinski definition) is 3. The van der Waals surface area contributed by atoms with Crippen molar-refractivity contribution in [3.05, 3.63) is 64.0 Å². The largest absolute Gasteiger partial charge is 0.319 e. The lowest BCUT2D eigenvalue weighted by molar-refractivity contribution is -0.115. The number of aliphatic imine (C=N–C) groups is 1. The molecular formula is C24H26N6O2S. The Morgan fingerprint density at radius 2 is 2.00 bits per heavy atom. The fraction of sp³-hybridized carbons (Fsp3) is 0.375. The monoisotopic (exact) mass is 462 g/mol. The highest BCUT2D eigenvalue weighted by Gasteiger charge is 2.26. The highest BCUT2D eigenvalue weighted by Crippen LogP contribution is 2.25. The van der Waals surface area contributed by atoms with E-state index in [-0.39, 0.29) is 17.2 Å². The molecule has 0 atom stereocenters. The molecule has 2 aliphatic heterocycles. The number of hydrogen-bond acceptors (Lipinski definition) is 6. The van der Waals surface area contributed by atoms with E-state index in [0.29, 0.717) is 28.2 Å². The van der Waals surface area contributed by atoms with Crippen LogP contribution in [0.2, 0.25) is 0 Å². The van der Waals surface area contributed by atoms with E-state index in [2.05, 4.69) is 27.8 Å². The Labute approximate surface area is 197 Å². The van der Waals surface area contributed by atoms with Gasteiger partial charge in [0.2, 0.25) is 5.96 Å². The van der Waals surface area contributed by atoms with Crippen LogP contribution in [0.1, 0.15) is 36.8 Å². The van der Waals surface area contributed by atoms with Crippen LogP contribution in [0.15, 0.2) is 57.9 Å². The molecule has 0 radical (unpaired) electrons. The number of allylic oxidation sites excluding steroid dienone is 1. The maximum Gasteiger partial charge on any atom is 0.290 e. The third-order valence-corrected chi connectivity index (χ3v) is 6.65. The summed E-state index contributed by atoms with van der Waals surface area (Å²) in [4.78, 5) is 30.2. The number of nitrogens with one attached hydrogen (secondary N) is 3. The SMILES string of the molecule is CN1C=C=C(/C=C2\SC(=O)NC2=O)NC1=NC1CCC(NCCc2ccc(C#N)cc2)CC1. The van der Waals surface area contributed by atoms with Gasteiger partial charge in [-0.3, -0.25) is 14.9 Å². The minimum atomic E-state index is -0.386. The molecule has 1 saturated carbocycles. The average Bonchev–Trinajstić information content (AvgIpc) is 3.14. The van der Waals surface area contributed by atoms with E-state index in [0.717, 1.165) is 50.4 Å². The lowest BCUT2D eigenvalue weighted by Gasteiger charge is -2.29. The molecule has 1 aromatic rings. The topological polar surface area (TPSA) is 110 Å². The maximum atomic E-state index is 11.8. The van der Waals surface area contributed by atoms with E-state index in [4.69, 9.17) is 10.3 Å². The van der Waals surface area contributed by atoms with Gasteiger partial charge in [-0.25, -0.2) is 4.99 Å². The molecule has 2 amide bonds. The number of carbonyl (C=O) groups is 2. The molecule has 2 fully saturated rings. The summed E-state index contributed by atoms with van der Waals surface area (Å²) in [6, 6.07) is 10.6. The maximum absolute atomic E-state index is 11.8. The van der Waals surface area contributed by atoms with Gasteiger partial charge in [-0.1, -0.05) is 17.9 Å². The van der Waals surface area contributed by atoms with Crippen molar-refractivity contribution < 1.29 is 9.59 Å². The molecule has 3 aliphatic rings. The Balaban J connectivity index is 1.25. The average molecular weight is 463 g/mol. The normalized spacial score (nSPS) is 25.1. The second kappa shape index (κ2) is 10.5. The third-order valence-electron chi connectivity index (χ3n) is 5.84. The van der Waals surface area contributed by atoms with Gasteiger partial charge in [-0.05, 0) is 74.2 Å². The lowest BCUT2D eigenvalue weighted by atomic mass is 9.91. The lowest BCUT2D eigenvalue weighted by Crippen LogP contribution is -2.40. The molecular weight excluding hydrogens is 436 g/mol. The standard InChI is InChI=1S/C24H26N6O2S/c1-30-13-11-20(14-21-22(31)29-24(32)33-21)28-23(30)27-19-8-6-18(7-9-19)26-12-10-16-2-4-17(15-25)5-3-16/h2-5,13-14,18-19,26H,6-10,12H2,1H3,(H,27,28)(H,29,31,32)/b21-14-. The number of guanidine groups is 1. The molecule has 8 nitrogen and oxygen atoms in total. The molecule has 3 N–H and O–H groups in total. The predicted octanol–water partition coefficient (Wildman–Crippen LogP) is 2.76. The molecule has 0 aromatic heterocycles. The molecule has 1 aromatic carbocycles. The first-order valence-electron chi connectivity index (χ1n) is 11.0. The first-order chi connectivity index (χ1) is 16.0. The van der Waals surface area contributed by atoms with E-state index >= 15 is 0 Å². The van der Waals surface area contributed by atoms with Gasteiger partial charge < -0.3 is 15.5 Å². The van der Waals surface area contributed by atoms with Gasteiger partial charge >= 0.3 is 0 Å². The van der Waals surface area contributed by atoms with Crippen LogP contribution in [0, 0.1) is 11.3 Å². The van der Waals surface area contributed by atoms with Crippen LogP contribution in [0.5, 0.6) is 0 Å². The van der Waals surface area contributed by atoms with Gasteiger partial charge in [0.05, 0.1) is 34.5 Å². The summed E-state index contributed by atoms with van der Waals surface area (Å²) < 4.78 is 0. The van der Waals surface area contributed by atoms with E-state index in [1.165, 1.54) is 5.56 Å². The molecule has 2 heterocycles. The number of thioether (sulfide) groups is 1. The number of nitriles is 1. The van der Waals surface area contributed by atoms with E-state index in [1.807, 2.05) is 36.2 Å². The number of nitrogens with zero attached hydrogens (tertiary/aromatic N) is 3. The molecule has 1 aliphatic carbocycles. The summed E-state index contributed by atoms with van der Waals surface area (Å²) >= 11 is 0.885. The predicted molar refractivity (Wildman–Crippen MR) is 128 cm³/mol. The van der Waals surface area contributed by atoms with Crippen LogP contribution in [-0.4, -0.2) is 47.7 Å². The van der Waals surface area contributed by atoms with Crippen LogP contribution in [0.3, 0.4) is 0 Å². The van der Waals surface area contributed by atoms with Crippen molar-refractivity contribution in [1.29, 1.82) is 5.26 Å². The Hall–Kier alpha value is -3.31. The van der Waals surface area contributed by atoms with Gasteiger partial charge in [-0.15, -0.1) is 0 Å². The first-order valence-corrected chi connectivity index (χ1v) is 11.8. The molecule has 0 bridgehead atoms. The summed E-state index contributed by atoms with van der Waals surface area (Å²) in [7, 11) is 1.90. The smallest absolute Gasteiger partial charge is 0.290 e. The number of benzene rings is 1. The van der Waals surface area contributed by atoms with Gasteiger partial charge in [0.25, 0.3) is 11.1 Å². The second-order valence-corrected chi connectivity index (χ2v) is 9.26. The van der Waals surface area contributed by atoms with Crippen molar-refractivity contribution >= 4 is 28.9 Å². The van der Waals surface area contributed by atoms with Gasteiger partial charge in [-0.2, -0.15) is 5.26 Å². The molecule has 33 heavy (non-hydrogen) atoms. The number of carbonyl (C=O) groups excluding carboxylic acids is 2. The Bertz CT molecular complexity index is 1090. The van der Waals surface area contributed by atoms with Crippen molar-refractivity contribution in [2.24, 2.45) is 4.99 Å². The molecule has 170 valence electrons. The zero-order valence-corrected chi connectivity index (χ0v) is 19.2. The molecule has 0 unspecified atom stereocenters. The van der Waals surface area contributed by atoms with E-state index in [9.17, 15) is 9.59 Å². The zero-order valence-electron chi connectivity index (χ0n) is 18.4. The zero-order chi connectivity index (χ0) is 23.2. The third kappa shape index (κ3) is 6.14. The van der Waals surface area contributed by atoms with Crippen molar-refractivity contribution in [3.8, 4) is 6.07 Å². The molecule has 0 spiro atoms. The summed E-state index contributed by atoms with van der Waals surface area (Å²) in [5.74, 6) is 0.330. The second-order valence-electron chi connectivity index (χ2n) is 8.25. The highest BCUT2D eigenvalue weighted by atomic mass is 32.2. The van der Waals surface area contributed by atoms with E-state index < -0.39 is 0 Å². The molecule has 4 rings (SSSR count). The van der Waals surface area contributed by atoms with Crippen LogP contribution in [0.25, 0.3) is 0 Å². The van der Waals surface area contributed by atoms with Gasteiger partial charge in [0, 0.05) is 13.1 Å². The Morgan fingerprint density at radius 3 is 2.67 bits per heavy atom. The van der Waals surface area contributed by atoms with E-state index in [1.54, 1.807) is 12.3 Å². The number of amides is 2. The Morgan fingerprint density at radius 1 is 1.24 bits per heavy atom. The highest BCUT2D eigenvalue weighted by molar-refractivity contribution is 8.18. The van der Waals surface area contributed by atoms with Crippen LogP contribution >= 0.6 is 11.8 Å². The van der Waals surface area contributed by atoms with Crippen LogP contribution < -0.4 is 16.0 Å².